The first-order valence-electron chi connectivity index (χ1n) is 29.2. The van der Waals surface area contributed by atoms with E-state index >= 15 is 8.78 Å². The number of rotatable bonds is 10. The minimum Gasteiger partial charge on any atom is -0.454 e. The summed E-state index contributed by atoms with van der Waals surface area (Å²) in [4.78, 5) is 4.14. The van der Waals surface area contributed by atoms with Crippen molar-refractivity contribution in [3.05, 3.63) is 290 Å². The van der Waals surface area contributed by atoms with Crippen molar-refractivity contribution < 1.29 is 17.6 Å². The fourth-order valence-electron chi connectivity index (χ4n) is 13.2. The maximum Gasteiger partial charge on any atom is 0.159 e. The van der Waals surface area contributed by atoms with E-state index in [-0.39, 0.29) is 5.41 Å². The van der Waals surface area contributed by atoms with Gasteiger partial charge in [0.1, 0.15) is 22.8 Å². The predicted octanol–water partition coefficient (Wildman–Crippen LogP) is 23.6. The Kier molecular flexibility index (Phi) is 11.8. The highest BCUT2D eigenvalue weighted by Gasteiger charge is 2.33. The number of halogens is 2. The summed E-state index contributed by atoms with van der Waals surface area (Å²) in [5.74, 6) is -0.892. The number of fused-ring (bicyclic) bond motifs is 6. The van der Waals surface area contributed by atoms with Crippen LogP contribution < -0.4 is 9.80 Å². The van der Waals surface area contributed by atoms with Gasteiger partial charge in [-0.3, -0.25) is 0 Å². The molecule has 410 valence electrons. The van der Waals surface area contributed by atoms with Gasteiger partial charge in [0.15, 0.2) is 11.2 Å². The summed E-state index contributed by atoms with van der Waals surface area (Å²) in [6.45, 7) is 6.73. The van der Waals surface area contributed by atoms with Crippen molar-refractivity contribution in [2.24, 2.45) is 0 Å². The molecule has 0 amide bonds. The van der Waals surface area contributed by atoms with Crippen LogP contribution in [0.5, 0.6) is 0 Å². The molecule has 0 bridgehead atoms. The highest BCUT2D eigenvalue weighted by atomic mass is 19.1. The molecule has 16 rings (SSSR count). The van der Waals surface area contributed by atoms with Gasteiger partial charge in [0.05, 0.1) is 34.1 Å². The predicted molar refractivity (Wildman–Crippen MR) is 354 cm³/mol. The van der Waals surface area contributed by atoms with Crippen LogP contribution in [0.15, 0.2) is 282 Å². The number of furan rings is 2. The van der Waals surface area contributed by atoms with Gasteiger partial charge in [-0.05, 0) is 115 Å². The third-order valence-electron chi connectivity index (χ3n) is 17.2. The molecule has 86 heavy (non-hydrogen) atoms. The van der Waals surface area contributed by atoms with Gasteiger partial charge in [-0.2, -0.15) is 0 Å². The molecule has 14 aromatic carbocycles. The van der Waals surface area contributed by atoms with Crippen molar-refractivity contribution in [1.82, 2.24) is 0 Å². The monoisotopic (exact) mass is 1110 g/mol. The van der Waals surface area contributed by atoms with Crippen LogP contribution in [0.25, 0.3) is 121 Å². The van der Waals surface area contributed by atoms with E-state index in [4.69, 9.17) is 8.83 Å². The molecule has 2 heterocycles. The Morgan fingerprint density at radius 1 is 0.302 bits per heavy atom. The number of hydrogen-bond donors (Lipinski definition) is 0. The average Bonchev–Trinajstić information content (AvgIpc) is 0.903. The number of para-hydroxylation sites is 4. The second-order valence-corrected chi connectivity index (χ2v) is 23.4. The molecule has 0 aliphatic rings. The van der Waals surface area contributed by atoms with Gasteiger partial charge in [0.2, 0.25) is 0 Å². The minimum atomic E-state index is -0.446. The highest BCUT2D eigenvalue weighted by molar-refractivity contribution is 6.30. The van der Waals surface area contributed by atoms with E-state index < -0.39 is 11.6 Å². The fraction of sp³-hybridized carbons (Fsp3) is 0.0500. The zero-order valence-electron chi connectivity index (χ0n) is 47.4. The first-order valence-corrected chi connectivity index (χ1v) is 29.2. The Bertz CT molecular complexity index is 4980. The quantitative estimate of drug-likeness (QED) is 0.128. The molecule has 0 fully saturated rings. The van der Waals surface area contributed by atoms with Crippen LogP contribution in [-0.4, -0.2) is 0 Å². The maximum absolute atomic E-state index is 19.1. The third kappa shape index (κ3) is 8.23. The van der Waals surface area contributed by atoms with Gasteiger partial charge in [-0.1, -0.05) is 239 Å². The SMILES string of the molecule is CC(C)(C)c1cc2ccc3c(N(c4c(F)cc(-c5ccccc5)cc4-c4ccccc4)c4cccc5c4oc4ccccc45)cc(N(c4c(F)cc(-c5ccccc5)cc4-c4ccccc4)c4cccc5c4oc4ccccc45)c4ccc(c1)c2c34. The van der Waals surface area contributed by atoms with Gasteiger partial charge in [0, 0.05) is 48.8 Å². The molecule has 2 aromatic heterocycles. The summed E-state index contributed by atoms with van der Waals surface area (Å²) in [6.07, 6.45) is 0. The Hall–Kier alpha value is -10.8. The van der Waals surface area contributed by atoms with Gasteiger partial charge in [0.25, 0.3) is 0 Å². The Morgan fingerprint density at radius 2 is 0.686 bits per heavy atom. The van der Waals surface area contributed by atoms with E-state index in [1.807, 2.05) is 182 Å². The maximum atomic E-state index is 19.1. The van der Waals surface area contributed by atoms with Gasteiger partial charge in [-0.25, -0.2) is 8.78 Å². The smallest absolute Gasteiger partial charge is 0.159 e. The summed E-state index contributed by atoms with van der Waals surface area (Å²) >= 11 is 0. The molecule has 0 aliphatic heterocycles. The highest BCUT2D eigenvalue weighted by Crippen LogP contribution is 2.56. The lowest BCUT2D eigenvalue weighted by Gasteiger charge is -2.34. The van der Waals surface area contributed by atoms with Crippen LogP contribution in [0, 0.1) is 11.6 Å². The lowest BCUT2D eigenvalue weighted by atomic mass is 9.83. The van der Waals surface area contributed by atoms with Crippen LogP contribution in [0.4, 0.5) is 42.9 Å². The molecule has 0 spiro atoms. The van der Waals surface area contributed by atoms with Crippen molar-refractivity contribution >= 4 is 110 Å². The average molecular weight is 1110 g/mol. The molecule has 0 saturated heterocycles. The van der Waals surface area contributed by atoms with E-state index in [1.165, 1.54) is 5.56 Å². The van der Waals surface area contributed by atoms with Crippen LogP contribution in [0.3, 0.4) is 0 Å². The molecule has 0 unspecified atom stereocenters. The molecular formula is C80H54F2N2O2. The van der Waals surface area contributed by atoms with Crippen molar-refractivity contribution in [1.29, 1.82) is 0 Å². The molecule has 0 N–H and O–H groups in total. The van der Waals surface area contributed by atoms with E-state index in [2.05, 4.69) is 109 Å². The van der Waals surface area contributed by atoms with Crippen molar-refractivity contribution in [2.75, 3.05) is 9.80 Å². The lowest BCUT2D eigenvalue weighted by molar-refractivity contribution is 0.591. The van der Waals surface area contributed by atoms with E-state index in [9.17, 15) is 0 Å². The van der Waals surface area contributed by atoms with Crippen molar-refractivity contribution in [2.45, 2.75) is 26.2 Å². The summed E-state index contributed by atoms with van der Waals surface area (Å²) in [7, 11) is 0. The Morgan fingerprint density at radius 3 is 1.10 bits per heavy atom. The minimum absolute atomic E-state index is 0.167. The standard InChI is InChI=1S/C80H54F2N2O2/c1-80(2,3)57-42-53-38-40-62-70(83(68-34-20-32-60-58-30-16-18-36-72(58)85-78(60)68)76-64(51-26-12-6-13-27-51)44-55(46-66(76)81)49-22-8-4-9-23-49)48-71(63-41-39-54(43-57)74(53)75(62)63)84(69-35-21-33-61-59-31-17-19-37-73(59)86-79(61)69)77-65(52-28-14-7-15-29-52)45-56(47-67(77)82)50-24-10-5-11-25-50/h4-48H,1-3H3. The number of anilines is 6. The number of nitrogens with zero attached hydrogens (tertiary/aromatic N) is 2. The molecule has 4 nitrogen and oxygen atoms in total. The second-order valence-electron chi connectivity index (χ2n) is 23.4. The normalized spacial score (nSPS) is 12.0. The summed E-state index contributed by atoms with van der Waals surface area (Å²) in [6, 6.07) is 91.4. The van der Waals surface area contributed by atoms with Gasteiger partial charge < -0.3 is 18.6 Å². The molecule has 0 atom stereocenters. The van der Waals surface area contributed by atoms with Crippen molar-refractivity contribution in [3.63, 3.8) is 0 Å². The van der Waals surface area contributed by atoms with Crippen molar-refractivity contribution in [3.8, 4) is 44.5 Å². The van der Waals surface area contributed by atoms with E-state index in [0.717, 1.165) is 87.2 Å². The third-order valence-corrected chi connectivity index (χ3v) is 17.2. The van der Waals surface area contributed by atoms with Gasteiger partial charge >= 0.3 is 0 Å². The Balaban J connectivity index is 1.11. The largest absolute Gasteiger partial charge is 0.454 e. The summed E-state index contributed by atoms with van der Waals surface area (Å²) in [5, 5.41) is 9.41. The number of benzene rings is 14. The van der Waals surface area contributed by atoms with Crippen LogP contribution in [0.1, 0.15) is 26.3 Å². The first-order chi connectivity index (χ1) is 42.1. The van der Waals surface area contributed by atoms with Crippen LogP contribution in [-0.2, 0) is 5.41 Å². The molecule has 16 aromatic rings. The van der Waals surface area contributed by atoms with Crippen LogP contribution in [0.2, 0.25) is 0 Å². The molecule has 0 radical (unpaired) electrons. The summed E-state index contributed by atoms with van der Waals surface area (Å²) in [5.41, 5.74) is 12.9. The molecular weight excluding hydrogens is 1060 g/mol. The first kappa shape index (κ1) is 50.9. The molecule has 6 heteroatoms. The topological polar surface area (TPSA) is 32.8 Å². The molecule has 0 aliphatic carbocycles. The zero-order valence-corrected chi connectivity index (χ0v) is 47.4. The second kappa shape index (κ2) is 19.9. The van der Waals surface area contributed by atoms with Crippen LogP contribution >= 0.6 is 0 Å². The fourth-order valence-corrected chi connectivity index (χ4v) is 13.2. The summed E-state index contributed by atoms with van der Waals surface area (Å²) < 4.78 is 52.2. The van der Waals surface area contributed by atoms with Gasteiger partial charge in [-0.15, -0.1) is 0 Å². The van der Waals surface area contributed by atoms with E-state index in [0.29, 0.717) is 67.6 Å². The Labute approximate surface area is 496 Å². The molecule has 0 saturated carbocycles. The van der Waals surface area contributed by atoms with E-state index in [1.54, 1.807) is 12.1 Å². The zero-order chi connectivity index (χ0) is 57.8. The number of hydrogen-bond acceptors (Lipinski definition) is 4. The lowest BCUT2D eigenvalue weighted by Crippen LogP contribution is -2.18.